The Hall–Kier alpha value is -1.28. The van der Waals surface area contributed by atoms with Crippen LogP contribution in [0.4, 0.5) is 13.2 Å². The van der Waals surface area contributed by atoms with E-state index in [4.69, 9.17) is 16.3 Å². The lowest BCUT2D eigenvalue weighted by Crippen LogP contribution is -2.50. The third-order valence-corrected chi connectivity index (χ3v) is 4.95. The van der Waals surface area contributed by atoms with Gasteiger partial charge in [-0.05, 0) is 33.6 Å². The normalized spacial score (nSPS) is 26.0. The fraction of sp³-hybridized carbons (Fsp3) is 0.750. The minimum atomic E-state index is -4.64. The van der Waals surface area contributed by atoms with Crippen molar-refractivity contribution in [2.45, 2.75) is 64.0 Å². The number of nitrogens with zero attached hydrogens (tertiary/aromatic N) is 3. The number of rotatable bonds is 3. The Morgan fingerprint density at radius 3 is 2.32 bits per heavy atom. The number of ether oxygens (including phenoxy) is 1. The van der Waals surface area contributed by atoms with Gasteiger partial charge in [-0.25, -0.2) is 0 Å². The smallest absolute Gasteiger partial charge is 0.372 e. The lowest BCUT2D eigenvalue weighted by atomic mass is 10.2. The number of morpholine rings is 1. The number of halogens is 4. The topological polar surface area (TPSA) is 47.4 Å². The van der Waals surface area contributed by atoms with E-state index in [0.717, 1.165) is 12.8 Å². The summed E-state index contributed by atoms with van der Waals surface area (Å²) in [5, 5.41) is 3.30. The van der Waals surface area contributed by atoms with Gasteiger partial charge in [0.05, 0.1) is 22.9 Å². The molecule has 2 aliphatic rings. The molecule has 2 heterocycles. The van der Waals surface area contributed by atoms with E-state index in [-0.39, 0.29) is 29.1 Å². The van der Waals surface area contributed by atoms with E-state index in [1.165, 1.54) is 4.68 Å². The standard InChI is InChI=1S/C16H21ClF3N3O2/c1-8-6-22(7-9(2)25-8)15(24)10(3)23-13(11-4-5-11)12(17)14(21-23)16(18,19)20/h8-11H,4-7H2,1-3H3/t8-,9-,10+/m1/s1. The molecular formula is C16H21ClF3N3O2. The Labute approximate surface area is 149 Å². The molecule has 25 heavy (non-hydrogen) atoms. The van der Waals surface area contributed by atoms with Crippen LogP contribution in [0.1, 0.15) is 57.0 Å². The van der Waals surface area contributed by atoms with Gasteiger partial charge in [-0.1, -0.05) is 11.6 Å². The van der Waals surface area contributed by atoms with E-state index < -0.39 is 17.9 Å². The highest BCUT2D eigenvalue weighted by atomic mass is 35.5. The van der Waals surface area contributed by atoms with E-state index in [1.807, 2.05) is 13.8 Å². The summed E-state index contributed by atoms with van der Waals surface area (Å²) in [6, 6.07) is -0.846. The van der Waals surface area contributed by atoms with Crippen LogP contribution in [0.5, 0.6) is 0 Å². The Bertz CT molecular complexity index is 662. The lowest BCUT2D eigenvalue weighted by molar-refractivity contribution is -0.147. The monoisotopic (exact) mass is 379 g/mol. The molecule has 1 aliphatic heterocycles. The molecule has 3 atom stereocenters. The van der Waals surface area contributed by atoms with Crippen molar-refractivity contribution in [3.8, 4) is 0 Å². The van der Waals surface area contributed by atoms with E-state index in [9.17, 15) is 18.0 Å². The van der Waals surface area contributed by atoms with E-state index >= 15 is 0 Å². The zero-order valence-corrected chi connectivity index (χ0v) is 15.1. The third-order valence-electron chi connectivity index (χ3n) is 4.58. The fourth-order valence-corrected chi connectivity index (χ4v) is 3.74. The van der Waals surface area contributed by atoms with Crippen molar-refractivity contribution in [3.05, 3.63) is 16.4 Å². The van der Waals surface area contributed by atoms with Crippen LogP contribution in [0.3, 0.4) is 0 Å². The largest absolute Gasteiger partial charge is 0.436 e. The van der Waals surface area contributed by atoms with Crippen LogP contribution in [0, 0.1) is 0 Å². The summed E-state index contributed by atoms with van der Waals surface area (Å²) in [6.07, 6.45) is -3.36. The van der Waals surface area contributed by atoms with E-state index in [2.05, 4.69) is 5.10 Å². The first kappa shape index (κ1) is 18.5. The van der Waals surface area contributed by atoms with Crippen molar-refractivity contribution in [1.29, 1.82) is 0 Å². The van der Waals surface area contributed by atoms with Crippen LogP contribution in [0.15, 0.2) is 0 Å². The maximum atomic E-state index is 13.2. The molecule has 1 saturated carbocycles. The molecule has 3 rings (SSSR count). The third kappa shape index (κ3) is 3.65. The van der Waals surface area contributed by atoms with Crippen LogP contribution in [0.2, 0.25) is 5.02 Å². The minimum absolute atomic E-state index is 0.0612. The van der Waals surface area contributed by atoms with Crippen LogP contribution < -0.4 is 0 Å². The number of aromatic nitrogens is 2. The van der Waals surface area contributed by atoms with Gasteiger partial charge in [-0.3, -0.25) is 9.48 Å². The molecule has 1 amide bonds. The second-order valence-electron chi connectivity index (χ2n) is 6.94. The van der Waals surface area contributed by atoms with Crippen molar-refractivity contribution in [1.82, 2.24) is 14.7 Å². The van der Waals surface area contributed by atoms with Gasteiger partial charge in [0, 0.05) is 19.0 Å². The van der Waals surface area contributed by atoms with Gasteiger partial charge in [-0.15, -0.1) is 0 Å². The SMILES string of the molecule is C[C@@H]1CN(C(=O)[C@H](C)n2nc(C(F)(F)F)c(Cl)c2C2CC2)C[C@@H](C)O1. The lowest BCUT2D eigenvalue weighted by Gasteiger charge is -2.36. The fourth-order valence-electron chi connectivity index (χ4n) is 3.35. The molecule has 0 bridgehead atoms. The number of amides is 1. The number of alkyl halides is 3. The van der Waals surface area contributed by atoms with Gasteiger partial charge in [-0.2, -0.15) is 18.3 Å². The van der Waals surface area contributed by atoms with Crippen LogP contribution in [-0.2, 0) is 15.7 Å². The molecule has 1 aliphatic carbocycles. The number of hydrogen-bond donors (Lipinski definition) is 0. The van der Waals surface area contributed by atoms with Crippen molar-refractivity contribution in [2.24, 2.45) is 0 Å². The molecule has 5 nitrogen and oxygen atoms in total. The molecule has 0 N–H and O–H groups in total. The molecule has 1 aromatic rings. The van der Waals surface area contributed by atoms with Crippen LogP contribution in [0.25, 0.3) is 0 Å². The predicted molar refractivity (Wildman–Crippen MR) is 85.5 cm³/mol. The first-order chi connectivity index (χ1) is 11.6. The number of carbonyl (C=O) groups excluding carboxylic acids is 1. The molecule has 0 unspecified atom stereocenters. The van der Waals surface area contributed by atoms with Crippen molar-refractivity contribution >= 4 is 17.5 Å². The Morgan fingerprint density at radius 2 is 1.84 bits per heavy atom. The maximum absolute atomic E-state index is 13.2. The maximum Gasteiger partial charge on any atom is 0.436 e. The second kappa shape index (κ2) is 6.46. The minimum Gasteiger partial charge on any atom is -0.372 e. The predicted octanol–water partition coefficient (Wildman–Crippen LogP) is 3.63. The summed E-state index contributed by atoms with van der Waals surface area (Å²) in [6.45, 7) is 6.12. The number of carbonyl (C=O) groups is 1. The summed E-state index contributed by atoms with van der Waals surface area (Å²) in [5.41, 5.74) is -0.788. The van der Waals surface area contributed by atoms with Crippen LogP contribution in [-0.4, -0.2) is 45.9 Å². The number of hydrogen-bond acceptors (Lipinski definition) is 3. The Balaban J connectivity index is 1.91. The molecule has 0 spiro atoms. The van der Waals surface area contributed by atoms with Gasteiger partial charge in [0.2, 0.25) is 5.91 Å². The molecule has 0 radical (unpaired) electrons. The quantitative estimate of drug-likeness (QED) is 0.805. The Kier molecular flexibility index (Phi) is 4.79. The van der Waals surface area contributed by atoms with Gasteiger partial charge < -0.3 is 9.64 Å². The van der Waals surface area contributed by atoms with Crippen molar-refractivity contribution < 1.29 is 22.7 Å². The van der Waals surface area contributed by atoms with Crippen molar-refractivity contribution in [2.75, 3.05) is 13.1 Å². The van der Waals surface area contributed by atoms with E-state index in [0.29, 0.717) is 18.8 Å². The van der Waals surface area contributed by atoms with Gasteiger partial charge in [0.15, 0.2) is 5.69 Å². The molecular weight excluding hydrogens is 359 g/mol. The molecule has 2 fully saturated rings. The van der Waals surface area contributed by atoms with Crippen molar-refractivity contribution in [3.63, 3.8) is 0 Å². The van der Waals surface area contributed by atoms with Gasteiger partial charge in [0.25, 0.3) is 0 Å². The summed E-state index contributed by atoms with van der Waals surface area (Å²) in [4.78, 5) is 14.5. The first-order valence-electron chi connectivity index (χ1n) is 8.39. The molecule has 9 heteroatoms. The average molecular weight is 380 g/mol. The summed E-state index contributed by atoms with van der Waals surface area (Å²) in [5.74, 6) is -0.328. The van der Waals surface area contributed by atoms with Crippen LogP contribution >= 0.6 is 11.6 Å². The summed E-state index contributed by atoms with van der Waals surface area (Å²) >= 11 is 5.98. The zero-order chi connectivity index (χ0) is 18.5. The first-order valence-corrected chi connectivity index (χ1v) is 8.76. The highest BCUT2D eigenvalue weighted by molar-refractivity contribution is 6.32. The summed E-state index contributed by atoms with van der Waals surface area (Å²) < 4.78 is 46.3. The van der Waals surface area contributed by atoms with Gasteiger partial charge >= 0.3 is 6.18 Å². The Morgan fingerprint density at radius 1 is 1.28 bits per heavy atom. The molecule has 140 valence electrons. The van der Waals surface area contributed by atoms with Gasteiger partial charge in [0.1, 0.15) is 6.04 Å². The zero-order valence-electron chi connectivity index (χ0n) is 14.3. The average Bonchev–Trinajstić information content (AvgIpc) is 3.26. The molecule has 0 aromatic carbocycles. The highest BCUT2D eigenvalue weighted by Gasteiger charge is 2.43. The second-order valence-corrected chi connectivity index (χ2v) is 7.32. The molecule has 1 saturated heterocycles. The van der Waals surface area contributed by atoms with E-state index in [1.54, 1.807) is 11.8 Å². The highest BCUT2D eigenvalue weighted by Crippen LogP contribution is 2.47. The molecule has 1 aromatic heterocycles. The summed E-state index contributed by atoms with van der Waals surface area (Å²) in [7, 11) is 0.